The van der Waals surface area contributed by atoms with Crippen molar-refractivity contribution in [2.24, 2.45) is 0 Å². The Balaban J connectivity index is -0.00000000500. The van der Waals surface area contributed by atoms with Gasteiger partial charge in [-0.15, -0.1) is 0 Å². The maximum absolute atomic E-state index is 7.72. The summed E-state index contributed by atoms with van der Waals surface area (Å²) in [6.07, 6.45) is 0. The largest absolute Gasteiger partial charge is 3.00 e. The van der Waals surface area contributed by atoms with Crippen LogP contribution in [-0.2, 0) is 26.2 Å². The second-order valence-corrected chi connectivity index (χ2v) is 0. The molecule has 0 aromatic carbocycles. The van der Waals surface area contributed by atoms with Crippen LogP contribution in [0.25, 0.3) is 0 Å². The summed E-state index contributed by atoms with van der Waals surface area (Å²) >= 11 is 10.2. The molecular formula is AlCl3O3Zr. The van der Waals surface area contributed by atoms with E-state index in [1.165, 1.54) is 0 Å². The van der Waals surface area contributed by atoms with Crippen LogP contribution in [0, 0.1) is 0 Å². The summed E-state index contributed by atoms with van der Waals surface area (Å²) < 4.78 is 23.2. The fourth-order valence-electron chi connectivity index (χ4n) is 0. The normalized spacial score (nSPS) is 2.25. The molecular weight excluding hydrogens is 273 g/mol. The zero-order valence-corrected chi connectivity index (χ0v) is 9.32. The van der Waals surface area contributed by atoms with Gasteiger partial charge in [0.15, 0.2) is 0 Å². The van der Waals surface area contributed by atoms with Gasteiger partial charge < -0.3 is 14.0 Å². The van der Waals surface area contributed by atoms with Gasteiger partial charge in [-0.25, -0.2) is 35.6 Å². The van der Waals surface area contributed by atoms with Crippen LogP contribution in [0.15, 0.2) is 0 Å². The summed E-state index contributed by atoms with van der Waals surface area (Å²) in [5, 5.41) is 0. The molecule has 0 aromatic rings. The van der Waals surface area contributed by atoms with Crippen molar-refractivity contribution >= 4 is 53.0 Å². The first-order chi connectivity index (χ1) is 3.00. The molecule has 46 valence electrons. The number of hydrogen-bond acceptors (Lipinski definition) is 3. The van der Waals surface area contributed by atoms with E-state index < -0.39 is 0 Å². The molecule has 0 rings (SSSR count). The van der Waals surface area contributed by atoms with Gasteiger partial charge in [-0.05, 0) is 0 Å². The number of hydrogen-bond donors (Lipinski definition) is 0. The van der Waals surface area contributed by atoms with Crippen molar-refractivity contribution in [3.8, 4) is 0 Å². The molecule has 0 aliphatic carbocycles. The third-order valence-corrected chi connectivity index (χ3v) is 0. The van der Waals surface area contributed by atoms with E-state index in [9.17, 15) is 0 Å². The quantitative estimate of drug-likeness (QED) is 0.485. The van der Waals surface area contributed by atoms with Crippen LogP contribution in [0.1, 0.15) is 0 Å². The summed E-state index contributed by atoms with van der Waals surface area (Å²) in [7, 11) is 0. The second kappa shape index (κ2) is 130. The molecule has 3 nitrogen and oxygen atoms in total. The summed E-state index contributed by atoms with van der Waals surface area (Å²) in [4.78, 5) is 0. The van der Waals surface area contributed by atoms with E-state index in [1.807, 2.05) is 0 Å². The van der Waals surface area contributed by atoms with Gasteiger partial charge in [-0.2, -0.15) is 0 Å². The fourth-order valence-corrected chi connectivity index (χ4v) is 0. The standard InChI is InChI=1S/Al.3ClO.Zr/c;3*1-2;/q+3;3*-1;. The molecule has 0 aliphatic heterocycles. The Morgan fingerprint density at radius 1 is 0.625 bits per heavy atom. The maximum Gasteiger partial charge on any atom is 3.00 e. The van der Waals surface area contributed by atoms with E-state index in [0.29, 0.717) is 0 Å². The van der Waals surface area contributed by atoms with Crippen LogP contribution in [0.3, 0.4) is 0 Å². The monoisotopic (exact) mass is 270 g/mol. The van der Waals surface area contributed by atoms with Crippen molar-refractivity contribution < 1.29 is 40.2 Å². The van der Waals surface area contributed by atoms with Crippen LogP contribution in [0.5, 0.6) is 0 Å². The predicted octanol–water partition coefficient (Wildman–Crippen LogP) is -1.88. The molecule has 0 saturated carbocycles. The molecule has 0 unspecified atom stereocenters. The van der Waals surface area contributed by atoms with Crippen LogP contribution >= 0.6 is 35.6 Å². The van der Waals surface area contributed by atoms with E-state index >= 15 is 0 Å². The third-order valence-electron chi connectivity index (χ3n) is 0. The van der Waals surface area contributed by atoms with Gasteiger partial charge in [0.25, 0.3) is 0 Å². The molecule has 0 aliphatic rings. The molecule has 0 heterocycles. The molecule has 0 bridgehead atoms. The van der Waals surface area contributed by atoms with Gasteiger partial charge in [0.05, 0.1) is 0 Å². The first-order valence-corrected chi connectivity index (χ1v) is 1.39. The fraction of sp³-hybridized carbons (Fsp3) is 0. The Morgan fingerprint density at radius 2 is 0.625 bits per heavy atom. The zero-order chi connectivity index (χ0) is 6.00. The molecule has 0 atom stereocenters. The van der Waals surface area contributed by atoms with Gasteiger partial charge in [0.2, 0.25) is 0 Å². The molecule has 0 fully saturated rings. The molecule has 8 heavy (non-hydrogen) atoms. The van der Waals surface area contributed by atoms with Crippen molar-refractivity contribution in [2.45, 2.75) is 0 Å². The molecule has 8 heteroatoms. The van der Waals surface area contributed by atoms with Gasteiger partial charge in [-0.1, -0.05) is 0 Å². The van der Waals surface area contributed by atoms with E-state index in [0.717, 1.165) is 0 Å². The summed E-state index contributed by atoms with van der Waals surface area (Å²) in [5.41, 5.74) is 0. The molecule has 0 amide bonds. The van der Waals surface area contributed by atoms with Gasteiger partial charge >= 0.3 is 17.4 Å². The Kier molecular flexibility index (Phi) is 521. The first kappa shape index (κ1) is 32.0. The zero-order valence-electron chi connectivity index (χ0n) is 3.44. The second-order valence-electron chi connectivity index (χ2n) is 0. The van der Waals surface area contributed by atoms with Gasteiger partial charge in [-0.3, -0.25) is 0 Å². The average Bonchev–Trinajstić information content (AvgIpc) is 1.81. The molecule has 0 aromatic heterocycles. The summed E-state index contributed by atoms with van der Waals surface area (Å²) in [5.74, 6) is 0. The molecule has 0 saturated heterocycles. The number of rotatable bonds is 0. The van der Waals surface area contributed by atoms with E-state index in [1.54, 1.807) is 0 Å². The van der Waals surface area contributed by atoms with E-state index in [4.69, 9.17) is 14.0 Å². The average molecular weight is 273 g/mol. The van der Waals surface area contributed by atoms with Crippen molar-refractivity contribution in [3.05, 3.63) is 0 Å². The minimum absolute atomic E-state index is 0. The van der Waals surface area contributed by atoms with Crippen molar-refractivity contribution in [1.82, 2.24) is 0 Å². The van der Waals surface area contributed by atoms with Gasteiger partial charge in [0, 0.05) is 26.2 Å². The minimum Gasteiger partial charge on any atom is -0.769 e. The Morgan fingerprint density at radius 3 is 0.625 bits per heavy atom. The van der Waals surface area contributed by atoms with E-state index in [2.05, 4.69) is 35.6 Å². The van der Waals surface area contributed by atoms with Gasteiger partial charge in [0.1, 0.15) is 0 Å². The van der Waals surface area contributed by atoms with Crippen molar-refractivity contribution in [3.63, 3.8) is 0 Å². The summed E-state index contributed by atoms with van der Waals surface area (Å²) in [6.45, 7) is 0. The topological polar surface area (TPSA) is 69.2 Å². The maximum atomic E-state index is 7.72. The van der Waals surface area contributed by atoms with Crippen LogP contribution < -0.4 is 14.0 Å². The SMILES string of the molecule is [Al+3].[O-]Cl.[O-]Cl.[O-]Cl.[Zr]. The third kappa shape index (κ3) is 89.4. The van der Waals surface area contributed by atoms with Crippen LogP contribution in [-0.4, -0.2) is 17.4 Å². The Bertz CT molecular complexity index is 14.5. The van der Waals surface area contributed by atoms with Crippen molar-refractivity contribution in [1.29, 1.82) is 0 Å². The Labute approximate surface area is 92.3 Å². The predicted molar refractivity (Wildman–Crippen MR) is 23.3 cm³/mol. The van der Waals surface area contributed by atoms with Crippen LogP contribution in [0.4, 0.5) is 0 Å². The smallest absolute Gasteiger partial charge is 0.769 e. The summed E-state index contributed by atoms with van der Waals surface area (Å²) in [6, 6.07) is 0. The number of halogens is 3. The molecule has 0 N–H and O–H groups in total. The van der Waals surface area contributed by atoms with E-state index in [-0.39, 0.29) is 43.6 Å². The minimum atomic E-state index is 0. The van der Waals surface area contributed by atoms with Crippen LogP contribution in [0.2, 0.25) is 0 Å². The van der Waals surface area contributed by atoms with Crippen molar-refractivity contribution in [2.75, 3.05) is 0 Å². The Hall–Kier alpha value is 2.17. The first-order valence-electron chi connectivity index (χ1n) is 0.463. The molecule has 0 radical (unpaired) electrons. The molecule has 0 spiro atoms.